The Morgan fingerprint density at radius 3 is 2.64 bits per heavy atom. The van der Waals surface area contributed by atoms with E-state index in [9.17, 15) is 9.59 Å². The minimum Gasteiger partial charge on any atom is -0.440 e. The van der Waals surface area contributed by atoms with Crippen molar-refractivity contribution in [2.75, 3.05) is 13.1 Å². The van der Waals surface area contributed by atoms with Gasteiger partial charge in [-0.1, -0.05) is 12.1 Å². The van der Waals surface area contributed by atoms with E-state index in [2.05, 4.69) is 15.2 Å². The number of carbonyl (C=O) groups excluding carboxylic acids is 2. The van der Waals surface area contributed by atoms with Gasteiger partial charge in [0.05, 0.1) is 12.5 Å². The van der Waals surface area contributed by atoms with Gasteiger partial charge in [0.2, 0.25) is 11.8 Å². The molecule has 1 aromatic carbocycles. The lowest BCUT2D eigenvalue weighted by Gasteiger charge is -2.33. The summed E-state index contributed by atoms with van der Waals surface area (Å²) in [6, 6.07) is 7.47. The molecule has 2 fully saturated rings. The van der Waals surface area contributed by atoms with Gasteiger partial charge in [-0.25, -0.2) is 4.98 Å². The number of aromatic nitrogens is 1. The average molecular weight is 299 g/mol. The molecule has 4 rings (SSSR count). The second-order valence-corrected chi connectivity index (χ2v) is 5.96. The normalized spacial score (nSPS) is 24.1. The Balaban J connectivity index is 1.45. The van der Waals surface area contributed by atoms with Crippen LogP contribution in [0.15, 0.2) is 28.7 Å². The second-order valence-electron chi connectivity index (χ2n) is 5.96. The van der Waals surface area contributed by atoms with Crippen molar-refractivity contribution in [3.63, 3.8) is 0 Å². The van der Waals surface area contributed by atoms with Gasteiger partial charge in [-0.2, -0.15) is 0 Å². The van der Waals surface area contributed by atoms with Crippen LogP contribution in [-0.2, 0) is 9.59 Å². The molecule has 0 bridgehead atoms. The highest BCUT2D eigenvalue weighted by Crippen LogP contribution is 2.31. The minimum atomic E-state index is -0.294. The van der Waals surface area contributed by atoms with E-state index in [1.54, 1.807) is 0 Å². The zero-order valence-corrected chi connectivity index (χ0v) is 12.1. The fourth-order valence-electron chi connectivity index (χ4n) is 3.36. The zero-order valence-electron chi connectivity index (χ0n) is 12.1. The Labute approximate surface area is 127 Å². The maximum Gasteiger partial charge on any atom is 0.244 e. The van der Waals surface area contributed by atoms with Gasteiger partial charge < -0.3 is 4.42 Å². The first kappa shape index (κ1) is 13.5. The largest absolute Gasteiger partial charge is 0.440 e. The fourth-order valence-corrected chi connectivity index (χ4v) is 3.36. The highest BCUT2D eigenvalue weighted by atomic mass is 16.3. The SMILES string of the molecule is O=C1C[C@@H](N2CCC(c3nc4ccccc4o3)CC2)C(=O)N1. The van der Waals surface area contributed by atoms with Crippen LogP contribution in [-0.4, -0.2) is 40.8 Å². The van der Waals surface area contributed by atoms with Crippen LogP contribution in [0.1, 0.15) is 31.1 Å². The molecule has 6 heteroatoms. The predicted molar refractivity (Wildman–Crippen MR) is 79.1 cm³/mol. The van der Waals surface area contributed by atoms with Crippen molar-refractivity contribution in [1.29, 1.82) is 0 Å². The number of piperidine rings is 1. The molecular weight excluding hydrogens is 282 g/mol. The molecule has 0 unspecified atom stereocenters. The van der Waals surface area contributed by atoms with Crippen molar-refractivity contribution in [3.05, 3.63) is 30.2 Å². The molecule has 0 aliphatic carbocycles. The average Bonchev–Trinajstić information content (AvgIpc) is 3.10. The van der Waals surface area contributed by atoms with Crippen LogP contribution in [0.4, 0.5) is 0 Å². The van der Waals surface area contributed by atoms with E-state index in [0.29, 0.717) is 0 Å². The van der Waals surface area contributed by atoms with Crippen LogP contribution in [0.2, 0.25) is 0 Å². The lowest BCUT2D eigenvalue weighted by molar-refractivity contribution is -0.126. The number of nitrogens with zero attached hydrogens (tertiary/aromatic N) is 2. The molecule has 1 N–H and O–H groups in total. The van der Waals surface area contributed by atoms with Crippen LogP contribution in [0.3, 0.4) is 0 Å². The number of likely N-dealkylation sites (tertiary alicyclic amines) is 1. The van der Waals surface area contributed by atoms with Crippen LogP contribution < -0.4 is 5.32 Å². The quantitative estimate of drug-likeness (QED) is 0.849. The first-order valence-corrected chi connectivity index (χ1v) is 7.64. The molecule has 0 spiro atoms. The van der Waals surface area contributed by atoms with Gasteiger partial charge in [-0.05, 0) is 38.1 Å². The van der Waals surface area contributed by atoms with Gasteiger partial charge in [-0.3, -0.25) is 19.8 Å². The molecule has 0 radical (unpaired) electrons. The highest BCUT2D eigenvalue weighted by Gasteiger charge is 2.37. The van der Waals surface area contributed by atoms with Crippen LogP contribution in [0, 0.1) is 0 Å². The number of oxazole rings is 1. The minimum absolute atomic E-state index is 0.162. The second kappa shape index (κ2) is 5.21. The van der Waals surface area contributed by atoms with Crippen LogP contribution in [0.25, 0.3) is 11.1 Å². The van der Waals surface area contributed by atoms with E-state index in [4.69, 9.17) is 4.42 Å². The highest BCUT2D eigenvalue weighted by molar-refractivity contribution is 6.05. The zero-order chi connectivity index (χ0) is 15.1. The van der Waals surface area contributed by atoms with E-state index < -0.39 is 0 Å². The molecule has 2 saturated heterocycles. The Kier molecular flexibility index (Phi) is 3.18. The number of fused-ring (bicyclic) bond motifs is 1. The van der Waals surface area contributed by atoms with Gasteiger partial charge in [0.1, 0.15) is 5.52 Å². The summed E-state index contributed by atoms with van der Waals surface area (Å²) in [4.78, 5) is 29.7. The third kappa shape index (κ3) is 2.29. The van der Waals surface area contributed by atoms with Crippen molar-refractivity contribution in [1.82, 2.24) is 15.2 Å². The predicted octanol–water partition coefficient (Wildman–Crippen LogP) is 1.42. The molecule has 2 aliphatic rings. The molecule has 114 valence electrons. The molecule has 22 heavy (non-hydrogen) atoms. The van der Waals surface area contributed by atoms with Crippen molar-refractivity contribution < 1.29 is 14.0 Å². The molecular formula is C16H17N3O3. The summed E-state index contributed by atoms with van der Waals surface area (Å²) >= 11 is 0. The number of amides is 2. The molecule has 0 saturated carbocycles. The Morgan fingerprint density at radius 2 is 1.95 bits per heavy atom. The summed E-state index contributed by atoms with van der Waals surface area (Å²) in [6.07, 6.45) is 2.07. The number of imide groups is 1. The number of carbonyl (C=O) groups is 2. The molecule has 2 aliphatic heterocycles. The first-order valence-electron chi connectivity index (χ1n) is 7.64. The lowest BCUT2D eigenvalue weighted by Crippen LogP contribution is -2.44. The smallest absolute Gasteiger partial charge is 0.244 e. The van der Waals surface area contributed by atoms with E-state index in [-0.39, 0.29) is 30.2 Å². The summed E-state index contributed by atoms with van der Waals surface area (Å²) in [5.74, 6) is 0.734. The number of hydrogen-bond acceptors (Lipinski definition) is 5. The molecule has 1 aromatic heterocycles. The Hall–Kier alpha value is -2.21. The molecule has 2 amide bonds. The number of hydrogen-bond donors (Lipinski definition) is 1. The van der Waals surface area contributed by atoms with E-state index in [1.807, 2.05) is 24.3 Å². The maximum absolute atomic E-state index is 11.7. The lowest BCUT2D eigenvalue weighted by atomic mass is 9.95. The first-order chi connectivity index (χ1) is 10.7. The number of para-hydroxylation sites is 2. The number of rotatable bonds is 2. The summed E-state index contributed by atoms with van der Waals surface area (Å²) in [5.41, 5.74) is 1.71. The number of nitrogens with one attached hydrogen (secondary N) is 1. The third-order valence-electron chi connectivity index (χ3n) is 4.57. The summed E-state index contributed by atoms with van der Waals surface area (Å²) in [7, 11) is 0. The van der Waals surface area contributed by atoms with Gasteiger partial charge in [0, 0.05) is 5.92 Å². The third-order valence-corrected chi connectivity index (χ3v) is 4.57. The summed E-state index contributed by atoms with van der Waals surface area (Å²) in [5, 5.41) is 2.37. The standard InChI is InChI=1S/C16H17N3O3/c20-14-9-12(15(21)18-14)19-7-5-10(6-8-19)16-17-11-3-1-2-4-13(11)22-16/h1-4,10,12H,5-9H2,(H,18,20,21)/t12-/m1/s1. The van der Waals surface area contributed by atoms with Crippen molar-refractivity contribution in [2.45, 2.75) is 31.2 Å². The number of benzene rings is 1. The van der Waals surface area contributed by atoms with Gasteiger partial charge >= 0.3 is 0 Å². The molecule has 3 heterocycles. The summed E-state index contributed by atoms with van der Waals surface area (Å²) in [6.45, 7) is 1.57. The van der Waals surface area contributed by atoms with E-state index >= 15 is 0 Å². The topological polar surface area (TPSA) is 75.4 Å². The molecule has 6 nitrogen and oxygen atoms in total. The monoisotopic (exact) mass is 299 g/mol. The van der Waals surface area contributed by atoms with Gasteiger partial charge in [-0.15, -0.1) is 0 Å². The van der Waals surface area contributed by atoms with E-state index in [1.165, 1.54) is 0 Å². The molecule has 2 aromatic rings. The molecule has 1 atom stereocenters. The fraction of sp³-hybridized carbons (Fsp3) is 0.438. The van der Waals surface area contributed by atoms with Crippen molar-refractivity contribution in [3.8, 4) is 0 Å². The van der Waals surface area contributed by atoms with Gasteiger partial charge in [0.15, 0.2) is 11.5 Å². The van der Waals surface area contributed by atoms with Crippen LogP contribution >= 0.6 is 0 Å². The van der Waals surface area contributed by atoms with Crippen molar-refractivity contribution in [2.24, 2.45) is 0 Å². The summed E-state index contributed by atoms with van der Waals surface area (Å²) < 4.78 is 5.84. The Morgan fingerprint density at radius 1 is 1.18 bits per heavy atom. The van der Waals surface area contributed by atoms with Crippen molar-refractivity contribution >= 4 is 22.9 Å². The Bertz CT molecular complexity index is 698. The van der Waals surface area contributed by atoms with Gasteiger partial charge in [0.25, 0.3) is 0 Å². The van der Waals surface area contributed by atoms with Crippen LogP contribution in [0.5, 0.6) is 0 Å². The maximum atomic E-state index is 11.7. The van der Waals surface area contributed by atoms with E-state index in [0.717, 1.165) is 42.9 Å².